The van der Waals surface area contributed by atoms with Gasteiger partial charge in [0, 0.05) is 13.1 Å². The minimum Gasteiger partial charge on any atom is -0.335 e. The number of carbonyl (C=O) groups excluding carboxylic acids is 1. The van der Waals surface area contributed by atoms with Gasteiger partial charge in [-0.1, -0.05) is 13.8 Å². The number of hydrogen-bond donors (Lipinski definition) is 1. The van der Waals surface area contributed by atoms with E-state index in [9.17, 15) is 4.79 Å². The molecule has 0 spiro atoms. The maximum Gasteiger partial charge on any atom is 0.295 e. The van der Waals surface area contributed by atoms with Gasteiger partial charge in [0.1, 0.15) is 0 Å². The van der Waals surface area contributed by atoms with Gasteiger partial charge in [-0.2, -0.15) is 5.21 Å². The molecular weight excluding hydrogens is 206 g/mol. The van der Waals surface area contributed by atoms with Crippen LogP contribution in [-0.4, -0.2) is 44.5 Å². The molecule has 1 amide bonds. The van der Waals surface area contributed by atoms with Crippen molar-refractivity contribution < 1.29 is 4.79 Å². The van der Waals surface area contributed by atoms with Gasteiger partial charge >= 0.3 is 0 Å². The minimum absolute atomic E-state index is 0.113. The van der Waals surface area contributed by atoms with Crippen molar-refractivity contribution in [2.24, 2.45) is 5.41 Å². The number of aromatic nitrogens is 4. The van der Waals surface area contributed by atoms with E-state index in [0.717, 1.165) is 32.4 Å². The highest BCUT2D eigenvalue weighted by Crippen LogP contribution is 2.37. The summed E-state index contributed by atoms with van der Waals surface area (Å²) >= 11 is 0. The molecule has 2 rings (SSSR count). The third-order valence-corrected chi connectivity index (χ3v) is 3.76. The lowest BCUT2D eigenvalue weighted by Crippen LogP contribution is -2.32. The largest absolute Gasteiger partial charge is 0.335 e. The van der Waals surface area contributed by atoms with Crippen LogP contribution in [0.15, 0.2) is 0 Å². The van der Waals surface area contributed by atoms with Gasteiger partial charge in [-0.05, 0) is 29.9 Å². The van der Waals surface area contributed by atoms with Crippen LogP contribution in [0.25, 0.3) is 0 Å². The lowest BCUT2D eigenvalue weighted by Gasteiger charge is -2.25. The lowest BCUT2D eigenvalue weighted by molar-refractivity contribution is 0.0758. The van der Waals surface area contributed by atoms with Crippen molar-refractivity contribution in [3.05, 3.63) is 5.82 Å². The number of nitrogens with one attached hydrogen (secondary N) is 1. The molecule has 1 aliphatic rings. The Bertz CT molecular complexity index is 357. The van der Waals surface area contributed by atoms with Crippen molar-refractivity contribution in [1.82, 2.24) is 25.5 Å². The SMILES string of the molecule is CCC1(CC)CCN(C(=O)c2nn[nH]n2)C1. The Labute approximate surface area is 94.4 Å². The highest BCUT2D eigenvalue weighted by Gasteiger charge is 2.38. The highest BCUT2D eigenvalue weighted by atomic mass is 16.2. The van der Waals surface area contributed by atoms with Gasteiger partial charge in [0.25, 0.3) is 11.7 Å². The van der Waals surface area contributed by atoms with E-state index in [1.54, 1.807) is 0 Å². The first kappa shape index (κ1) is 11.0. The highest BCUT2D eigenvalue weighted by molar-refractivity contribution is 5.90. The second-order valence-corrected chi connectivity index (χ2v) is 4.42. The van der Waals surface area contributed by atoms with Gasteiger partial charge in [-0.15, -0.1) is 10.2 Å². The molecule has 2 heterocycles. The minimum atomic E-state index is -0.113. The summed E-state index contributed by atoms with van der Waals surface area (Å²) in [5.41, 5.74) is 0.291. The van der Waals surface area contributed by atoms with Crippen LogP contribution in [0.5, 0.6) is 0 Å². The fourth-order valence-electron chi connectivity index (χ4n) is 2.33. The van der Waals surface area contributed by atoms with E-state index in [0.29, 0.717) is 5.41 Å². The van der Waals surface area contributed by atoms with E-state index >= 15 is 0 Å². The molecule has 6 heteroatoms. The van der Waals surface area contributed by atoms with Crippen LogP contribution >= 0.6 is 0 Å². The number of tetrazole rings is 1. The third kappa shape index (κ3) is 1.79. The van der Waals surface area contributed by atoms with E-state index < -0.39 is 0 Å². The van der Waals surface area contributed by atoms with E-state index in [-0.39, 0.29) is 11.7 Å². The second-order valence-electron chi connectivity index (χ2n) is 4.42. The Kier molecular flexibility index (Phi) is 2.89. The lowest BCUT2D eigenvalue weighted by atomic mass is 9.82. The van der Waals surface area contributed by atoms with E-state index in [1.165, 1.54) is 0 Å². The molecular formula is C10H17N5O. The number of hydrogen-bond acceptors (Lipinski definition) is 4. The van der Waals surface area contributed by atoms with Crippen LogP contribution in [-0.2, 0) is 0 Å². The van der Waals surface area contributed by atoms with Crippen molar-refractivity contribution in [2.75, 3.05) is 13.1 Å². The van der Waals surface area contributed by atoms with Crippen LogP contribution in [0.4, 0.5) is 0 Å². The fraction of sp³-hybridized carbons (Fsp3) is 0.800. The van der Waals surface area contributed by atoms with Crippen molar-refractivity contribution in [3.63, 3.8) is 0 Å². The molecule has 0 atom stereocenters. The van der Waals surface area contributed by atoms with Crippen LogP contribution in [0, 0.1) is 5.41 Å². The average molecular weight is 223 g/mol. The predicted molar refractivity (Wildman–Crippen MR) is 57.7 cm³/mol. The topological polar surface area (TPSA) is 74.8 Å². The van der Waals surface area contributed by atoms with Crippen molar-refractivity contribution >= 4 is 5.91 Å². The molecule has 88 valence electrons. The smallest absolute Gasteiger partial charge is 0.295 e. The molecule has 1 aliphatic heterocycles. The number of nitrogens with zero attached hydrogens (tertiary/aromatic N) is 4. The van der Waals surface area contributed by atoms with Crippen molar-refractivity contribution in [1.29, 1.82) is 0 Å². The number of likely N-dealkylation sites (tertiary alicyclic amines) is 1. The molecule has 0 unspecified atom stereocenters. The summed E-state index contributed by atoms with van der Waals surface area (Å²) in [5, 5.41) is 13.2. The third-order valence-electron chi connectivity index (χ3n) is 3.76. The molecule has 1 aromatic heterocycles. The molecule has 1 fully saturated rings. The molecule has 0 saturated carbocycles. The summed E-state index contributed by atoms with van der Waals surface area (Å²) in [6, 6.07) is 0. The normalized spacial score (nSPS) is 19.0. The van der Waals surface area contributed by atoms with Crippen molar-refractivity contribution in [3.8, 4) is 0 Å². The van der Waals surface area contributed by atoms with Crippen LogP contribution in [0.1, 0.15) is 43.7 Å². The molecule has 1 aromatic rings. The molecule has 1 N–H and O–H groups in total. The first-order chi connectivity index (χ1) is 7.71. The average Bonchev–Trinajstić information content (AvgIpc) is 2.98. The summed E-state index contributed by atoms with van der Waals surface area (Å²) in [4.78, 5) is 13.8. The van der Waals surface area contributed by atoms with E-state index in [4.69, 9.17) is 0 Å². The Morgan fingerprint density at radius 2 is 2.25 bits per heavy atom. The number of H-pyrrole nitrogens is 1. The van der Waals surface area contributed by atoms with Gasteiger partial charge in [0.05, 0.1) is 0 Å². The van der Waals surface area contributed by atoms with Gasteiger partial charge in [0.15, 0.2) is 0 Å². The summed E-state index contributed by atoms with van der Waals surface area (Å²) in [6.45, 7) is 5.99. The summed E-state index contributed by atoms with van der Waals surface area (Å²) in [7, 11) is 0. The van der Waals surface area contributed by atoms with Crippen LogP contribution < -0.4 is 0 Å². The van der Waals surface area contributed by atoms with E-state index in [1.807, 2.05) is 4.90 Å². The van der Waals surface area contributed by atoms with Gasteiger partial charge in [-0.3, -0.25) is 4.79 Å². The Morgan fingerprint density at radius 3 is 2.75 bits per heavy atom. The molecule has 0 bridgehead atoms. The summed E-state index contributed by atoms with van der Waals surface area (Å²) in [5.74, 6) is 0.0560. The standard InChI is InChI=1S/C10H17N5O/c1-3-10(4-2)5-6-15(7-10)9(16)8-11-13-14-12-8/h3-7H2,1-2H3,(H,11,12,13,14). The molecule has 0 aromatic carbocycles. The van der Waals surface area contributed by atoms with Gasteiger partial charge < -0.3 is 4.90 Å². The molecule has 1 saturated heterocycles. The maximum atomic E-state index is 12.0. The molecule has 16 heavy (non-hydrogen) atoms. The zero-order valence-corrected chi connectivity index (χ0v) is 9.73. The molecule has 6 nitrogen and oxygen atoms in total. The zero-order valence-electron chi connectivity index (χ0n) is 9.73. The maximum absolute atomic E-state index is 12.0. The Morgan fingerprint density at radius 1 is 1.50 bits per heavy atom. The summed E-state index contributed by atoms with van der Waals surface area (Å²) in [6.07, 6.45) is 3.29. The zero-order chi connectivity index (χ0) is 11.6. The van der Waals surface area contributed by atoms with Gasteiger partial charge in [0.2, 0.25) is 0 Å². The van der Waals surface area contributed by atoms with Gasteiger partial charge in [-0.25, -0.2) is 0 Å². The first-order valence-electron chi connectivity index (χ1n) is 5.73. The number of amides is 1. The quantitative estimate of drug-likeness (QED) is 0.824. The monoisotopic (exact) mass is 223 g/mol. The summed E-state index contributed by atoms with van der Waals surface area (Å²) < 4.78 is 0. The first-order valence-corrected chi connectivity index (χ1v) is 5.73. The number of rotatable bonds is 3. The number of aromatic amines is 1. The fourth-order valence-corrected chi connectivity index (χ4v) is 2.33. The second kappa shape index (κ2) is 4.19. The predicted octanol–water partition coefficient (Wildman–Crippen LogP) is 0.852. The van der Waals surface area contributed by atoms with E-state index in [2.05, 4.69) is 34.5 Å². The Balaban J connectivity index is 2.06. The van der Waals surface area contributed by atoms with Crippen molar-refractivity contribution in [2.45, 2.75) is 33.1 Å². The molecule has 0 aliphatic carbocycles. The molecule has 0 radical (unpaired) electrons. The Hall–Kier alpha value is -1.46. The number of carbonyl (C=O) groups is 1. The van der Waals surface area contributed by atoms with Crippen LogP contribution in [0.3, 0.4) is 0 Å². The van der Waals surface area contributed by atoms with Crippen LogP contribution in [0.2, 0.25) is 0 Å².